The molecule has 190 valence electrons. The van der Waals surface area contributed by atoms with Gasteiger partial charge in [0.2, 0.25) is 17.7 Å². The largest absolute Gasteiger partial charge is 0.508 e. The zero-order valence-electron chi connectivity index (χ0n) is 19.4. The summed E-state index contributed by atoms with van der Waals surface area (Å²) in [5, 5.41) is 44.8. The molecular weight excluding hydrogens is 448 g/mol. The van der Waals surface area contributed by atoms with Crippen molar-refractivity contribution >= 4 is 23.7 Å². The molecule has 0 saturated heterocycles. The number of aliphatic hydroxyl groups is 2. The lowest BCUT2D eigenvalue weighted by atomic mass is 9.96. The molecule has 0 bridgehead atoms. The molecule has 1 rings (SSSR count). The van der Waals surface area contributed by atoms with Crippen molar-refractivity contribution in [2.75, 3.05) is 6.61 Å². The molecule has 12 heteroatoms. The normalized spacial score (nSPS) is 16.3. The number of rotatable bonds is 13. The lowest BCUT2D eigenvalue weighted by Gasteiger charge is -2.28. The van der Waals surface area contributed by atoms with Crippen molar-refractivity contribution in [1.29, 1.82) is 0 Å². The Hall–Kier alpha value is -3.22. The number of aliphatic hydroxyl groups excluding tert-OH is 2. The maximum absolute atomic E-state index is 13.1. The Morgan fingerprint density at radius 1 is 0.941 bits per heavy atom. The van der Waals surface area contributed by atoms with Crippen LogP contribution in [-0.2, 0) is 25.6 Å². The minimum atomic E-state index is -1.61. The van der Waals surface area contributed by atoms with Gasteiger partial charge in [0.15, 0.2) is 6.04 Å². The lowest BCUT2D eigenvalue weighted by molar-refractivity contribution is -0.145. The highest BCUT2D eigenvalue weighted by atomic mass is 16.4. The molecule has 0 spiro atoms. The molecule has 12 nitrogen and oxygen atoms in total. The number of aliphatic carboxylic acids is 1. The third-order valence-electron chi connectivity index (χ3n) is 5.38. The Morgan fingerprint density at radius 3 is 1.97 bits per heavy atom. The number of carboxylic acid groups (broad SMARTS) is 1. The highest BCUT2D eigenvalue weighted by Gasteiger charge is 2.33. The van der Waals surface area contributed by atoms with E-state index in [0.29, 0.717) is 12.0 Å². The van der Waals surface area contributed by atoms with E-state index in [1.54, 1.807) is 13.8 Å². The minimum absolute atomic E-state index is 0.00592. The number of nitrogens with two attached hydrogens (primary N) is 1. The van der Waals surface area contributed by atoms with Gasteiger partial charge in [-0.15, -0.1) is 0 Å². The van der Waals surface area contributed by atoms with Gasteiger partial charge in [0.25, 0.3) is 0 Å². The van der Waals surface area contributed by atoms with Gasteiger partial charge in [0, 0.05) is 6.42 Å². The van der Waals surface area contributed by atoms with Gasteiger partial charge >= 0.3 is 5.97 Å². The summed E-state index contributed by atoms with van der Waals surface area (Å²) in [6.07, 6.45) is -0.981. The topological polar surface area (TPSA) is 211 Å². The Bertz CT molecular complexity index is 846. The Kier molecular flexibility index (Phi) is 11.4. The van der Waals surface area contributed by atoms with Crippen LogP contribution in [0.25, 0.3) is 0 Å². The highest BCUT2D eigenvalue weighted by molar-refractivity contribution is 5.94. The Morgan fingerprint density at radius 2 is 1.50 bits per heavy atom. The molecule has 34 heavy (non-hydrogen) atoms. The first-order valence-corrected chi connectivity index (χ1v) is 10.9. The van der Waals surface area contributed by atoms with Crippen molar-refractivity contribution in [3.63, 3.8) is 0 Å². The van der Waals surface area contributed by atoms with Crippen molar-refractivity contribution in [2.24, 2.45) is 11.7 Å². The fraction of sp³-hybridized carbons (Fsp3) is 0.545. The predicted octanol–water partition coefficient (Wildman–Crippen LogP) is -1.78. The number of carbonyl (C=O) groups is 4. The van der Waals surface area contributed by atoms with Crippen LogP contribution in [0.3, 0.4) is 0 Å². The van der Waals surface area contributed by atoms with E-state index in [9.17, 15) is 34.5 Å². The summed E-state index contributed by atoms with van der Waals surface area (Å²) in [5.41, 5.74) is 6.07. The lowest BCUT2D eigenvalue weighted by Crippen LogP contribution is -2.60. The second-order valence-electron chi connectivity index (χ2n) is 8.16. The van der Waals surface area contributed by atoms with Crippen LogP contribution in [0, 0.1) is 5.92 Å². The second kappa shape index (κ2) is 13.5. The summed E-state index contributed by atoms with van der Waals surface area (Å²) < 4.78 is 0. The highest BCUT2D eigenvalue weighted by Crippen LogP contribution is 2.13. The van der Waals surface area contributed by atoms with Crippen molar-refractivity contribution in [3.8, 4) is 5.75 Å². The molecule has 0 heterocycles. The number of hydrogen-bond donors (Lipinski definition) is 8. The number of carbonyl (C=O) groups excluding carboxylic acids is 3. The third kappa shape index (κ3) is 8.61. The molecule has 0 saturated carbocycles. The molecule has 3 amide bonds. The second-order valence-corrected chi connectivity index (χ2v) is 8.16. The molecule has 1 aromatic rings. The maximum Gasteiger partial charge on any atom is 0.328 e. The maximum atomic E-state index is 13.1. The van der Waals surface area contributed by atoms with E-state index in [0.717, 1.165) is 0 Å². The van der Waals surface area contributed by atoms with Gasteiger partial charge in [0.05, 0.1) is 12.7 Å². The van der Waals surface area contributed by atoms with Crippen molar-refractivity contribution < 1.29 is 39.6 Å². The standard InChI is InChI=1S/C22H34N4O8/c1-4-11(2)17(25-19(30)15(23)10-27)21(32)24-16(9-13-5-7-14(29)8-6-13)20(31)26-18(12(3)28)22(33)34/h5-8,11-12,15-18,27-29H,4,9-10,23H2,1-3H3,(H,24,32)(H,25,30)(H,26,31)(H,33,34). The fourth-order valence-electron chi connectivity index (χ4n) is 3.03. The van der Waals surface area contributed by atoms with E-state index in [-0.39, 0.29) is 18.1 Å². The van der Waals surface area contributed by atoms with Crippen molar-refractivity contribution in [1.82, 2.24) is 16.0 Å². The predicted molar refractivity (Wildman–Crippen MR) is 121 cm³/mol. The van der Waals surface area contributed by atoms with Gasteiger partial charge < -0.3 is 42.1 Å². The first kappa shape index (κ1) is 28.8. The number of amides is 3. The summed E-state index contributed by atoms with van der Waals surface area (Å²) in [6, 6.07) is 0.626. The number of phenolic OH excluding ortho intramolecular Hbond substituents is 1. The molecular formula is C22H34N4O8. The number of phenols is 1. The molecule has 0 aliphatic carbocycles. The molecule has 6 atom stereocenters. The SMILES string of the molecule is CCC(C)C(NC(=O)C(N)CO)C(=O)NC(Cc1ccc(O)cc1)C(=O)NC(C(=O)O)C(C)O. The molecule has 0 aliphatic heterocycles. The number of benzene rings is 1. The number of aromatic hydroxyl groups is 1. The summed E-state index contributed by atoms with van der Waals surface area (Å²) in [6.45, 7) is 4.08. The van der Waals surface area contributed by atoms with Gasteiger partial charge in [0.1, 0.15) is 23.9 Å². The van der Waals surface area contributed by atoms with Crippen LogP contribution in [0.1, 0.15) is 32.8 Å². The van der Waals surface area contributed by atoms with Gasteiger partial charge in [-0.1, -0.05) is 32.4 Å². The van der Waals surface area contributed by atoms with Crippen LogP contribution < -0.4 is 21.7 Å². The van der Waals surface area contributed by atoms with Gasteiger partial charge in [-0.3, -0.25) is 14.4 Å². The average molecular weight is 483 g/mol. The quantitative estimate of drug-likeness (QED) is 0.159. The van der Waals surface area contributed by atoms with Gasteiger partial charge in [-0.2, -0.15) is 0 Å². The first-order valence-electron chi connectivity index (χ1n) is 10.9. The number of hydrogen-bond acceptors (Lipinski definition) is 8. The smallest absolute Gasteiger partial charge is 0.328 e. The third-order valence-corrected chi connectivity index (χ3v) is 5.38. The van der Waals surface area contributed by atoms with Gasteiger partial charge in [-0.25, -0.2) is 4.79 Å². The van der Waals surface area contributed by atoms with Crippen LogP contribution in [0.4, 0.5) is 0 Å². The number of nitrogens with one attached hydrogen (secondary N) is 3. The van der Waals surface area contributed by atoms with Crippen LogP contribution >= 0.6 is 0 Å². The average Bonchev–Trinajstić information content (AvgIpc) is 2.79. The summed E-state index contributed by atoms with van der Waals surface area (Å²) in [7, 11) is 0. The number of carboxylic acids is 1. The zero-order chi connectivity index (χ0) is 26.0. The molecule has 6 unspecified atom stereocenters. The van der Waals surface area contributed by atoms with Crippen molar-refractivity contribution in [3.05, 3.63) is 29.8 Å². The van der Waals surface area contributed by atoms with Crippen LogP contribution in [0.15, 0.2) is 24.3 Å². The van der Waals surface area contributed by atoms with Crippen LogP contribution in [-0.4, -0.2) is 81.0 Å². The minimum Gasteiger partial charge on any atom is -0.508 e. The van der Waals surface area contributed by atoms with E-state index < -0.39 is 60.6 Å². The monoisotopic (exact) mass is 482 g/mol. The van der Waals surface area contributed by atoms with E-state index in [4.69, 9.17) is 10.8 Å². The Balaban J connectivity index is 3.18. The van der Waals surface area contributed by atoms with E-state index in [1.165, 1.54) is 31.2 Å². The van der Waals surface area contributed by atoms with E-state index >= 15 is 0 Å². The molecule has 1 aromatic carbocycles. The van der Waals surface area contributed by atoms with Crippen LogP contribution in [0.2, 0.25) is 0 Å². The first-order chi connectivity index (χ1) is 15.9. The molecule has 0 aliphatic rings. The summed E-state index contributed by atoms with van der Waals surface area (Å²) in [4.78, 5) is 49.6. The van der Waals surface area contributed by atoms with Crippen molar-refractivity contribution in [2.45, 2.75) is 63.9 Å². The summed E-state index contributed by atoms with van der Waals surface area (Å²) >= 11 is 0. The zero-order valence-corrected chi connectivity index (χ0v) is 19.4. The Labute approximate surface area is 197 Å². The van der Waals surface area contributed by atoms with Crippen LogP contribution in [0.5, 0.6) is 5.75 Å². The van der Waals surface area contributed by atoms with E-state index in [2.05, 4.69) is 16.0 Å². The molecule has 9 N–H and O–H groups in total. The molecule has 0 radical (unpaired) electrons. The van der Waals surface area contributed by atoms with E-state index in [1.807, 2.05) is 0 Å². The molecule has 0 aromatic heterocycles. The van der Waals surface area contributed by atoms with Gasteiger partial charge in [-0.05, 0) is 30.5 Å². The summed E-state index contributed by atoms with van der Waals surface area (Å²) in [5.74, 6) is -4.15. The fourth-order valence-corrected chi connectivity index (χ4v) is 3.03. The molecule has 0 fully saturated rings.